The summed E-state index contributed by atoms with van der Waals surface area (Å²) in [6.45, 7) is 6.44. The van der Waals surface area contributed by atoms with E-state index in [0.717, 1.165) is 12.0 Å². The average molecular weight is 353 g/mol. The number of benzene rings is 2. The minimum Gasteiger partial charge on any atom is -0.337 e. The number of hydrogen-bond acceptors (Lipinski definition) is 2. The zero-order valence-electron chi connectivity index (χ0n) is 15.9. The van der Waals surface area contributed by atoms with Gasteiger partial charge < -0.3 is 15.5 Å². The topological polar surface area (TPSA) is 61.4 Å². The molecule has 2 aromatic rings. The molecule has 2 rings (SSSR count). The highest BCUT2D eigenvalue weighted by Gasteiger charge is 2.13. The zero-order chi connectivity index (χ0) is 19.1. The van der Waals surface area contributed by atoms with Crippen LogP contribution in [0, 0.1) is 0 Å². The molecule has 0 heterocycles. The Balaban J connectivity index is 2.03. The summed E-state index contributed by atoms with van der Waals surface area (Å²) in [5.74, 6) is -0.0857. The first-order valence-corrected chi connectivity index (χ1v) is 8.90. The summed E-state index contributed by atoms with van der Waals surface area (Å²) >= 11 is 0. The molecule has 0 saturated carbocycles. The second kappa shape index (κ2) is 9.04. The van der Waals surface area contributed by atoms with E-state index in [-0.39, 0.29) is 18.0 Å². The quantitative estimate of drug-likeness (QED) is 0.823. The van der Waals surface area contributed by atoms with Crippen LogP contribution in [0.1, 0.15) is 42.3 Å². The lowest BCUT2D eigenvalue weighted by molar-refractivity contribution is 0.0785. The van der Waals surface area contributed by atoms with Crippen LogP contribution in [-0.2, 0) is 13.0 Å². The van der Waals surface area contributed by atoms with E-state index in [4.69, 9.17) is 0 Å². The van der Waals surface area contributed by atoms with Gasteiger partial charge >= 0.3 is 6.03 Å². The third-order valence-electron chi connectivity index (χ3n) is 3.98. The van der Waals surface area contributed by atoms with Gasteiger partial charge in [-0.15, -0.1) is 0 Å². The molecule has 0 unspecified atom stereocenters. The normalized spacial score (nSPS) is 10.5. The average Bonchev–Trinajstić information content (AvgIpc) is 2.61. The number of anilines is 1. The van der Waals surface area contributed by atoms with Crippen molar-refractivity contribution >= 4 is 17.6 Å². The monoisotopic (exact) mass is 353 g/mol. The number of carbonyl (C=O) groups is 2. The highest BCUT2D eigenvalue weighted by atomic mass is 16.2. The largest absolute Gasteiger partial charge is 0.337 e. The maximum absolute atomic E-state index is 12.7. The molecule has 0 fully saturated rings. The third-order valence-corrected chi connectivity index (χ3v) is 3.98. The molecule has 26 heavy (non-hydrogen) atoms. The number of nitrogens with zero attached hydrogens (tertiary/aromatic N) is 1. The Kier molecular flexibility index (Phi) is 6.78. The summed E-state index contributed by atoms with van der Waals surface area (Å²) in [5.41, 5.74) is 3.50. The van der Waals surface area contributed by atoms with Crippen LogP contribution in [0.25, 0.3) is 0 Å². The molecule has 0 aromatic heterocycles. The standard InChI is InChI=1S/C21H27N3O2/c1-5-16-9-11-17(12-10-16)14-24(4)20(25)18-7-6-8-19(13-18)23-21(26)22-15(2)3/h6-13,15H,5,14H2,1-4H3,(H2,22,23,26). The van der Waals surface area contributed by atoms with Crippen molar-refractivity contribution in [2.45, 2.75) is 39.8 Å². The van der Waals surface area contributed by atoms with Crippen LogP contribution in [0.5, 0.6) is 0 Å². The molecule has 0 aliphatic rings. The van der Waals surface area contributed by atoms with E-state index in [0.29, 0.717) is 17.8 Å². The van der Waals surface area contributed by atoms with Gasteiger partial charge in [-0.05, 0) is 49.6 Å². The van der Waals surface area contributed by atoms with Crippen molar-refractivity contribution in [2.24, 2.45) is 0 Å². The Morgan fingerprint density at radius 1 is 1.04 bits per heavy atom. The molecule has 0 bridgehead atoms. The molecule has 0 aliphatic carbocycles. The second-order valence-electron chi connectivity index (χ2n) is 6.67. The number of hydrogen-bond donors (Lipinski definition) is 2. The van der Waals surface area contributed by atoms with Crippen molar-refractivity contribution in [1.82, 2.24) is 10.2 Å². The lowest BCUT2D eigenvalue weighted by Gasteiger charge is -2.18. The van der Waals surface area contributed by atoms with Crippen LogP contribution in [0.4, 0.5) is 10.5 Å². The lowest BCUT2D eigenvalue weighted by atomic mass is 10.1. The summed E-state index contributed by atoms with van der Waals surface area (Å²) in [6.07, 6.45) is 0.999. The number of nitrogens with one attached hydrogen (secondary N) is 2. The zero-order valence-corrected chi connectivity index (χ0v) is 15.9. The van der Waals surface area contributed by atoms with Crippen molar-refractivity contribution in [3.8, 4) is 0 Å². The van der Waals surface area contributed by atoms with Gasteiger partial charge in [0, 0.05) is 30.9 Å². The van der Waals surface area contributed by atoms with Gasteiger partial charge in [-0.25, -0.2) is 4.79 Å². The van der Waals surface area contributed by atoms with Gasteiger partial charge in [-0.2, -0.15) is 0 Å². The number of urea groups is 1. The van der Waals surface area contributed by atoms with Gasteiger partial charge in [0.15, 0.2) is 0 Å². The van der Waals surface area contributed by atoms with Gasteiger partial charge in [0.2, 0.25) is 0 Å². The van der Waals surface area contributed by atoms with Gasteiger partial charge in [-0.1, -0.05) is 37.3 Å². The van der Waals surface area contributed by atoms with Crippen LogP contribution in [0.2, 0.25) is 0 Å². The molecule has 3 amide bonds. The molecule has 5 heteroatoms. The molecule has 0 aliphatic heterocycles. The molecular weight excluding hydrogens is 326 g/mol. The number of rotatable bonds is 6. The van der Waals surface area contributed by atoms with E-state index < -0.39 is 0 Å². The molecule has 138 valence electrons. The number of aryl methyl sites for hydroxylation is 1. The summed E-state index contributed by atoms with van der Waals surface area (Å²) in [7, 11) is 1.78. The van der Waals surface area contributed by atoms with Crippen LogP contribution >= 0.6 is 0 Å². The Bertz CT molecular complexity index is 754. The summed E-state index contributed by atoms with van der Waals surface area (Å²) in [6, 6.07) is 15.0. The van der Waals surface area contributed by atoms with Crippen molar-refractivity contribution in [3.05, 3.63) is 65.2 Å². The van der Waals surface area contributed by atoms with Crippen molar-refractivity contribution in [2.75, 3.05) is 12.4 Å². The first-order chi connectivity index (χ1) is 12.4. The molecule has 2 N–H and O–H groups in total. The highest BCUT2D eigenvalue weighted by molar-refractivity contribution is 5.96. The molecular formula is C21H27N3O2. The summed E-state index contributed by atoms with van der Waals surface area (Å²) in [4.78, 5) is 26.2. The van der Waals surface area contributed by atoms with E-state index in [1.165, 1.54) is 5.56 Å². The van der Waals surface area contributed by atoms with E-state index in [9.17, 15) is 9.59 Å². The first-order valence-electron chi connectivity index (χ1n) is 8.90. The fourth-order valence-electron chi connectivity index (χ4n) is 2.61. The fourth-order valence-corrected chi connectivity index (χ4v) is 2.61. The van der Waals surface area contributed by atoms with E-state index in [2.05, 4.69) is 41.8 Å². The Hall–Kier alpha value is -2.82. The second-order valence-corrected chi connectivity index (χ2v) is 6.67. The SMILES string of the molecule is CCc1ccc(CN(C)C(=O)c2cccc(NC(=O)NC(C)C)c2)cc1. The van der Waals surface area contributed by atoms with Gasteiger partial charge in [0.05, 0.1) is 0 Å². The van der Waals surface area contributed by atoms with Gasteiger partial charge in [-0.3, -0.25) is 4.79 Å². The summed E-state index contributed by atoms with van der Waals surface area (Å²) in [5, 5.41) is 5.51. The van der Waals surface area contributed by atoms with Crippen molar-refractivity contribution in [1.29, 1.82) is 0 Å². The Morgan fingerprint density at radius 2 is 1.69 bits per heavy atom. The smallest absolute Gasteiger partial charge is 0.319 e. The first kappa shape index (κ1) is 19.5. The predicted molar refractivity (Wildman–Crippen MR) is 105 cm³/mol. The van der Waals surface area contributed by atoms with Gasteiger partial charge in [0.25, 0.3) is 5.91 Å². The van der Waals surface area contributed by atoms with Crippen LogP contribution in [0.3, 0.4) is 0 Å². The van der Waals surface area contributed by atoms with E-state index in [1.54, 1.807) is 36.2 Å². The van der Waals surface area contributed by atoms with E-state index >= 15 is 0 Å². The molecule has 0 radical (unpaired) electrons. The Morgan fingerprint density at radius 3 is 2.31 bits per heavy atom. The van der Waals surface area contributed by atoms with Crippen LogP contribution in [-0.4, -0.2) is 29.9 Å². The molecule has 0 saturated heterocycles. The molecule has 2 aromatic carbocycles. The van der Waals surface area contributed by atoms with E-state index in [1.807, 2.05) is 13.8 Å². The minimum absolute atomic E-state index is 0.0463. The third kappa shape index (κ3) is 5.62. The Labute approximate surface area is 155 Å². The fraction of sp³-hybridized carbons (Fsp3) is 0.333. The molecule has 0 atom stereocenters. The molecule has 5 nitrogen and oxygen atoms in total. The van der Waals surface area contributed by atoms with Crippen molar-refractivity contribution in [3.63, 3.8) is 0 Å². The number of amides is 3. The van der Waals surface area contributed by atoms with Crippen LogP contribution < -0.4 is 10.6 Å². The number of carbonyl (C=O) groups excluding carboxylic acids is 2. The minimum atomic E-state index is -0.283. The molecule has 0 spiro atoms. The highest BCUT2D eigenvalue weighted by Crippen LogP contribution is 2.14. The van der Waals surface area contributed by atoms with Gasteiger partial charge in [0.1, 0.15) is 0 Å². The predicted octanol–water partition coefficient (Wildman–Crippen LogP) is 4.05. The van der Waals surface area contributed by atoms with Crippen molar-refractivity contribution < 1.29 is 9.59 Å². The maximum Gasteiger partial charge on any atom is 0.319 e. The lowest BCUT2D eigenvalue weighted by Crippen LogP contribution is -2.34. The van der Waals surface area contributed by atoms with Crippen LogP contribution in [0.15, 0.2) is 48.5 Å². The summed E-state index contributed by atoms with van der Waals surface area (Å²) < 4.78 is 0. The maximum atomic E-state index is 12.7.